The fourth-order valence-electron chi connectivity index (χ4n) is 1.31. The Bertz CT molecular complexity index is 624. The standard InChI is InChI=1S/C12H6BrCl3FNO/c13-7-1-9(15)10(17)3-11(7)19-5-6-4-18-12(16)2-8(6)14/h1-4H,5H2. The van der Waals surface area contributed by atoms with E-state index in [1.54, 1.807) is 0 Å². The van der Waals surface area contributed by atoms with E-state index in [0.717, 1.165) is 0 Å². The molecule has 0 aliphatic heterocycles. The molecule has 0 saturated heterocycles. The van der Waals surface area contributed by atoms with E-state index in [1.807, 2.05) is 0 Å². The monoisotopic (exact) mass is 383 g/mol. The van der Waals surface area contributed by atoms with Crippen molar-refractivity contribution in [3.8, 4) is 5.75 Å². The molecule has 7 heteroatoms. The Labute approximate surface area is 132 Å². The average molecular weight is 385 g/mol. The van der Waals surface area contributed by atoms with Crippen LogP contribution >= 0.6 is 50.7 Å². The summed E-state index contributed by atoms with van der Waals surface area (Å²) in [6.07, 6.45) is 1.50. The van der Waals surface area contributed by atoms with E-state index in [4.69, 9.17) is 39.5 Å². The van der Waals surface area contributed by atoms with Gasteiger partial charge in [0.2, 0.25) is 0 Å². The molecule has 2 nitrogen and oxygen atoms in total. The summed E-state index contributed by atoms with van der Waals surface area (Å²) in [6, 6.07) is 4.14. The smallest absolute Gasteiger partial charge is 0.145 e. The molecule has 2 rings (SSSR count). The number of benzene rings is 1. The third-order valence-electron chi connectivity index (χ3n) is 2.25. The van der Waals surface area contributed by atoms with Crippen molar-refractivity contribution in [3.63, 3.8) is 0 Å². The molecule has 0 unspecified atom stereocenters. The first kappa shape index (κ1) is 14.9. The van der Waals surface area contributed by atoms with Crippen molar-refractivity contribution >= 4 is 50.7 Å². The zero-order valence-electron chi connectivity index (χ0n) is 9.26. The highest BCUT2D eigenvalue weighted by atomic mass is 79.9. The number of rotatable bonds is 3. The fraction of sp³-hybridized carbons (Fsp3) is 0.0833. The maximum atomic E-state index is 13.3. The zero-order chi connectivity index (χ0) is 14.0. The van der Waals surface area contributed by atoms with Crippen molar-refractivity contribution in [1.82, 2.24) is 4.98 Å². The van der Waals surface area contributed by atoms with Crippen LogP contribution in [0.3, 0.4) is 0 Å². The molecule has 0 fully saturated rings. The molecule has 1 aromatic carbocycles. The Morgan fingerprint density at radius 2 is 1.89 bits per heavy atom. The summed E-state index contributed by atoms with van der Waals surface area (Å²) in [7, 11) is 0. The lowest BCUT2D eigenvalue weighted by molar-refractivity contribution is 0.302. The molecule has 0 radical (unpaired) electrons. The van der Waals surface area contributed by atoms with Gasteiger partial charge in [-0.3, -0.25) is 0 Å². The number of hydrogen-bond donors (Lipinski definition) is 0. The molecule has 0 aliphatic carbocycles. The highest BCUT2D eigenvalue weighted by Gasteiger charge is 2.09. The van der Waals surface area contributed by atoms with Crippen LogP contribution in [0.15, 0.2) is 28.9 Å². The molecule has 0 amide bonds. The van der Waals surface area contributed by atoms with Gasteiger partial charge in [-0.25, -0.2) is 9.37 Å². The van der Waals surface area contributed by atoms with E-state index in [9.17, 15) is 4.39 Å². The molecule has 0 spiro atoms. The maximum Gasteiger partial charge on any atom is 0.145 e. The van der Waals surface area contributed by atoms with Crippen molar-refractivity contribution in [2.45, 2.75) is 6.61 Å². The number of pyridine rings is 1. The number of halogens is 5. The minimum Gasteiger partial charge on any atom is -0.488 e. The lowest BCUT2D eigenvalue weighted by atomic mass is 10.3. The summed E-state index contributed by atoms with van der Waals surface area (Å²) in [4.78, 5) is 3.90. The Morgan fingerprint density at radius 3 is 2.58 bits per heavy atom. The Kier molecular flexibility index (Phi) is 4.90. The Balaban J connectivity index is 2.16. The summed E-state index contributed by atoms with van der Waals surface area (Å²) in [5.41, 5.74) is 0.647. The molecule has 0 aliphatic rings. The molecule has 0 N–H and O–H groups in total. The molecule has 0 saturated carbocycles. The van der Waals surface area contributed by atoms with Crippen molar-refractivity contribution in [3.05, 3.63) is 55.4 Å². The lowest BCUT2D eigenvalue weighted by Gasteiger charge is -2.10. The first-order valence-corrected chi connectivity index (χ1v) is 6.97. The minimum atomic E-state index is -0.555. The molecular weight excluding hydrogens is 379 g/mol. The SMILES string of the molecule is Fc1cc(OCc2cnc(Cl)cc2Cl)c(Br)cc1Cl. The van der Waals surface area contributed by atoms with E-state index < -0.39 is 5.82 Å². The average Bonchev–Trinajstić information content (AvgIpc) is 2.34. The quantitative estimate of drug-likeness (QED) is 0.512. The topological polar surface area (TPSA) is 22.1 Å². The predicted molar refractivity (Wildman–Crippen MR) is 77.7 cm³/mol. The van der Waals surface area contributed by atoms with E-state index in [0.29, 0.717) is 26.0 Å². The van der Waals surface area contributed by atoms with Crippen LogP contribution in [0.4, 0.5) is 4.39 Å². The van der Waals surface area contributed by atoms with Crippen LogP contribution in [0.1, 0.15) is 5.56 Å². The van der Waals surface area contributed by atoms with Gasteiger partial charge in [0.15, 0.2) is 0 Å². The lowest BCUT2D eigenvalue weighted by Crippen LogP contribution is -1.98. The van der Waals surface area contributed by atoms with E-state index >= 15 is 0 Å². The largest absolute Gasteiger partial charge is 0.488 e. The molecule has 19 heavy (non-hydrogen) atoms. The van der Waals surface area contributed by atoms with Gasteiger partial charge in [0.1, 0.15) is 23.3 Å². The fourth-order valence-corrected chi connectivity index (χ4v) is 2.49. The first-order chi connectivity index (χ1) is 8.97. The molecule has 1 aromatic heterocycles. The maximum absolute atomic E-state index is 13.3. The number of nitrogens with zero attached hydrogens (tertiary/aromatic N) is 1. The third kappa shape index (κ3) is 3.72. The minimum absolute atomic E-state index is 0.0189. The van der Waals surface area contributed by atoms with Crippen LogP contribution < -0.4 is 4.74 Å². The van der Waals surface area contributed by atoms with Crippen molar-refractivity contribution < 1.29 is 9.13 Å². The molecule has 0 bridgehead atoms. The van der Waals surface area contributed by atoms with Gasteiger partial charge >= 0.3 is 0 Å². The molecule has 1 heterocycles. The van der Waals surface area contributed by atoms with E-state index in [-0.39, 0.29) is 11.6 Å². The van der Waals surface area contributed by atoms with Gasteiger partial charge in [0.25, 0.3) is 0 Å². The second-order valence-electron chi connectivity index (χ2n) is 3.58. The van der Waals surface area contributed by atoms with E-state index in [2.05, 4.69) is 20.9 Å². The summed E-state index contributed by atoms with van der Waals surface area (Å²) in [5.74, 6) is -0.229. The molecule has 0 atom stereocenters. The Morgan fingerprint density at radius 1 is 1.16 bits per heavy atom. The van der Waals surface area contributed by atoms with Gasteiger partial charge in [0.05, 0.1) is 14.5 Å². The van der Waals surface area contributed by atoms with Crippen molar-refractivity contribution in [2.75, 3.05) is 0 Å². The van der Waals surface area contributed by atoms with Crippen LogP contribution in [0.2, 0.25) is 15.2 Å². The highest BCUT2D eigenvalue weighted by Crippen LogP contribution is 2.31. The van der Waals surface area contributed by atoms with Crippen LogP contribution in [0.25, 0.3) is 0 Å². The summed E-state index contributed by atoms with van der Waals surface area (Å²) in [6.45, 7) is 0.142. The number of hydrogen-bond acceptors (Lipinski definition) is 2. The second kappa shape index (κ2) is 6.27. The summed E-state index contributed by atoms with van der Waals surface area (Å²) < 4.78 is 19.3. The molecule has 2 aromatic rings. The van der Waals surface area contributed by atoms with Crippen LogP contribution in [-0.2, 0) is 6.61 Å². The van der Waals surface area contributed by atoms with Crippen LogP contribution in [0, 0.1) is 5.82 Å². The van der Waals surface area contributed by atoms with Gasteiger partial charge in [-0.05, 0) is 28.1 Å². The first-order valence-electron chi connectivity index (χ1n) is 5.04. The number of ether oxygens (including phenoxy) is 1. The number of aromatic nitrogens is 1. The predicted octanol–water partition coefficient (Wildman–Crippen LogP) is 5.52. The second-order valence-corrected chi connectivity index (χ2v) is 5.64. The zero-order valence-corrected chi connectivity index (χ0v) is 13.1. The Hall–Kier alpha value is -0.550. The third-order valence-corrected chi connectivity index (χ3v) is 3.72. The van der Waals surface area contributed by atoms with Gasteiger partial charge in [0, 0.05) is 17.8 Å². The van der Waals surface area contributed by atoms with Gasteiger partial charge in [-0.15, -0.1) is 0 Å². The summed E-state index contributed by atoms with van der Waals surface area (Å²) in [5, 5.41) is 0.753. The molecular formula is C12H6BrCl3FNO. The van der Waals surface area contributed by atoms with Crippen LogP contribution in [-0.4, -0.2) is 4.98 Å². The van der Waals surface area contributed by atoms with Gasteiger partial charge < -0.3 is 4.74 Å². The highest BCUT2D eigenvalue weighted by molar-refractivity contribution is 9.10. The van der Waals surface area contributed by atoms with Crippen molar-refractivity contribution in [1.29, 1.82) is 0 Å². The van der Waals surface area contributed by atoms with Crippen LogP contribution in [0.5, 0.6) is 5.75 Å². The van der Waals surface area contributed by atoms with Crippen molar-refractivity contribution in [2.24, 2.45) is 0 Å². The van der Waals surface area contributed by atoms with Gasteiger partial charge in [-0.2, -0.15) is 0 Å². The van der Waals surface area contributed by atoms with E-state index in [1.165, 1.54) is 24.4 Å². The van der Waals surface area contributed by atoms with Gasteiger partial charge in [-0.1, -0.05) is 34.8 Å². The normalized spacial score (nSPS) is 10.6. The summed E-state index contributed by atoms with van der Waals surface area (Å²) >= 11 is 20.5. The molecule has 100 valence electrons.